The van der Waals surface area contributed by atoms with E-state index in [1.54, 1.807) is 22.7 Å². The van der Waals surface area contributed by atoms with Crippen LogP contribution in [0.15, 0.2) is 24.4 Å². The van der Waals surface area contributed by atoms with Gasteiger partial charge in [0.25, 0.3) is 0 Å². The second-order valence-electron chi connectivity index (χ2n) is 4.64. The maximum Gasteiger partial charge on any atom is 0.352 e. The number of carbonyl (C=O) groups is 1. The summed E-state index contributed by atoms with van der Waals surface area (Å²) in [5.41, 5.74) is 1.92. The molecule has 1 fully saturated rings. The topological polar surface area (TPSA) is 57.8 Å². The van der Waals surface area contributed by atoms with Crippen LogP contribution in [-0.2, 0) is 6.54 Å². The molecule has 0 saturated carbocycles. The van der Waals surface area contributed by atoms with E-state index in [0.717, 1.165) is 25.3 Å². The van der Waals surface area contributed by atoms with Crippen LogP contribution in [0.3, 0.4) is 0 Å². The molecule has 0 amide bonds. The number of carboxylic acid groups (broad SMARTS) is 1. The quantitative estimate of drug-likeness (QED) is 0.893. The number of fused-ring (bicyclic) bond motifs is 1. The van der Waals surface area contributed by atoms with Crippen LogP contribution >= 0.6 is 0 Å². The van der Waals surface area contributed by atoms with Crippen molar-refractivity contribution in [2.45, 2.75) is 19.4 Å². The standard InChI is InChI=1S/C13H15N3O2/c17-13(18)11-4-3-5-12-14-8-10(16(11)12)9-15-6-1-2-7-15/h3-5,8H,1-2,6-7,9H2,(H,17,18). The van der Waals surface area contributed by atoms with Crippen LogP contribution in [0.2, 0.25) is 0 Å². The van der Waals surface area contributed by atoms with Gasteiger partial charge >= 0.3 is 5.97 Å². The fourth-order valence-electron chi connectivity index (χ4n) is 2.55. The first-order valence-corrected chi connectivity index (χ1v) is 6.17. The third-order valence-electron chi connectivity index (χ3n) is 3.41. The van der Waals surface area contributed by atoms with Crippen molar-refractivity contribution < 1.29 is 9.90 Å². The molecule has 1 saturated heterocycles. The van der Waals surface area contributed by atoms with E-state index in [2.05, 4.69) is 9.88 Å². The van der Waals surface area contributed by atoms with E-state index in [-0.39, 0.29) is 5.69 Å². The molecule has 2 aromatic heterocycles. The lowest BCUT2D eigenvalue weighted by Crippen LogP contribution is -2.20. The minimum absolute atomic E-state index is 0.277. The van der Waals surface area contributed by atoms with E-state index in [4.69, 9.17) is 0 Å². The lowest BCUT2D eigenvalue weighted by molar-refractivity contribution is 0.0688. The first-order valence-electron chi connectivity index (χ1n) is 6.17. The van der Waals surface area contributed by atoms with Crippen LogP contribution in [0, 0.1) is 0 Å². The maximum absolute atomic E-state index is 11.2. The summed E-state index contributed by atoms with van der Waals surface area (Å²) in [6.45, 7) is 2.94. The Morgan fingerprint density at radius 3 is 2.83 bits per heavy atom. The maximum atomic E-state index is 11.2. The van der Waals surface area contributed by atoms with Gasteiger partial charge in [0.15, 0.2) is 0 Å². The summed E-state index contributed by atoms with van der Waals surface area (Å²) in [6, 6.07) is 5.18. The number of pyridine rings is 1. The summed E-state index contributed by atoms with van der Waals surface area (Å²) < 4.78 is 1.74. The summed E-state index contributed by atoms with van der Waals surface area (Å²) >= 11 is 0. The molecule has 0 aromatic carbocycles. The van der Waals surface area contributed by atoms with Crippen molar-refractivity contribution in [2.24, 2.45) is 0 Å². The van der Waals surface area contributed by atoms with E-state index in [0.29, 0.717) is 5.65 Å². The van der Waals surface area contributed by atoms with Crippen molar-refractivity contribution in [2.75, 3.05) is 13.1 Å². The second kappa shape index (κ2) is 4.42. The van der Waals surface area contributed by atoms with Gasteiger partial charge in [-0.1, -0.05) is 6.07 Å². The lowest BCUT2D eigenvalue weighted by Gasteiger charge is -2.14. The molecule has 3 rings (SSSR count). The number of likely N-dealkylation sites (tertiary alicyclic amines) is 1. The van der Waals surface area contributed by atoms with Crippen molar-refractivity contribution in [3.05, 3.63) is 35.8 Å². The van der Waals surface area contributed by atoms with Crippen LogP contribution in [0.5, 0.6) is 0 Å². The molecule has 94 valence electrons. The lowest BCUT2D eigenvalue weighted by atomic mass is 10.3. The van der Waals surface area contributed by atoms with Gasteiger partial charge in [-0.05, 0) is 38.1 Å². The van der Waals surface area contributed by atoms with Gasteiger partial charge in [0.1, 0.15) is 11.3 Å². The summed E-state index contributed by atoms with van der Waals surface area (Å²) in [5.74, 6) is -0.915. The molecule has 5 heteroatoms. The Hall–Kier alpha value is -1.88. The highest BCUT2D eigenvalue weighted by Crippen LogP contribution is 2.16. The second-order valence-corrected chi connectivity index (χ2v) is 4.64. The van der Waals surface area contributed by atoms with Crippen molar-refractivity contribution in [3.63, 3.8) is 0 Å². The number of imidazole rings is 1. The van der Waals surface area contributed by atoms with E-state index in [1.165, 1.54) is 12.8 Å². The van der Waals surface area contributed by atoms with Crippen LogP contribution in [0.4, 0.5) is 0 Å². The summed E-state index contributed by atoms with van der Waals surface area (Å²) in [4.78, 5) is 17.9. The summed E-state index contributed by atoms with van der Waals surface area (Å²) in [7, 11) is 0. The zero-order chi connectivity index (χ0) is 12.5. The Morgan fingerprint density at radius 2 is 2.11 bits per heavy atom. The van der Waals surface area contributed by atoms with E-state index < -0.39 is 5.97 Å². The molecule has 0 aliphatic carbocycles. The van der Waals surface area contributed by atoms with Gasteiger partial charge in [-0.15, -0.1) is 0 Å². The SMILES string of the molecule is O=C(O)c1cccc2ncc(CN3CCCC3)n12. The van der Waals surface area contributed by atoms with Crippen LogP contribution in [0.25, 0.3) is 5.65 Å². The Kier molecular flexibility index (Phi) is 2.76. The Labute approximate surface area is 105 Å². The average Bonchev–Trinajstić information content (AvgIpc) is 2.99. The molecule has 1 N–H and O–H groups in total. The summed E-state index contributed by atoms with van der Waals surface area (Å²) in [6.07, 6.45) is 4.23. The van der Waals surface area contributed by atoms with Crippen molar-refractivity contribution in [1.29, 1.82) is 0 Å². The van der Waals surface area contributed by atoms with Gasteiger partial charge in [0, 0.05) is 6.54 Å². The Bertz CT molecular complexity index is 585. The number of carboxylic acids is 1. The number of aromatic carboxylic acids is 1. The van der Waals surface area contributed by atoms with Gasteiger partial charge in [-0.25, -0.2) is 9.78 Å². The predicted molar refractivity (Wildman–Crippen MR) is 66.7 cm³/mol. The number of hydrogen-bond acceptors (Lipinski definition) is 3. The Balaban J connectivity index is 2.03. The highest BCUT2D eigenvalue weighted by atomic mass is 16.4. The molecule has 0 unspecified atom stereocenters. The Morgan fingerprint density at radius 1 is 1.33 bits per heavy atom. The van der Waals surface area contributed by atoms with E-state index >= 15 is 0 Å². The fraction of sp³-hybridized carbons (Fsp3) is 0.385. The van der Waals surface area contributed by atoms with Gasteiger partial charge in [0.05, 0.1) is 11.9 Å². The molecular formula is C13H15N3O2. The first-order chi connectivity index (χ1) is 8.75. The molecule has 0 bridgehead atoms. The molecule has 1 aliphatic heterocycles. The molecule has 0 atom stereocenters. The molecule has 0 spiro atoms. The van der Waals surface area contributed by atoms with Gasteiger partial charge < -0.3 is 5.11 Å². The molecule has 3 heterocycles. The highest BCUT2D eigenvalue weighted by Gasteiger charge is 2.17. The third-order valence-corrected chi connectivity index (χ3v) is 3.41. The summed E-state index contributed by atoms with van der Waals surface area (Å²) in [5, 5.41) is 9.22. The fourth-order valence-corrected chi connectivity index (χ4v) is 2.55. The van der Waals surface area contributed by atoms with Gasteiger partial charge in [0.2, 0.25) is 0 Å². The molecule has 2 aromatic rings. The number of hydrogen-bond donors (Lipinski definition) is 1. The predicted octanol–water partition coefficient (Wildman–Crippen LogP) is 1.63. The largest absolute Gasteiger partial charge is 0.477 e. The van der Waals surface area contributed by atoms with Crippen LogP contribution < -0.4 is 0 Å². The van der Waals surface area contributed by atoms with E-state index in [1.807, 2.05) is 6.07 Å². The zero-order valence-corrected chi connectivity index (χ0v) is 10.0. The van der Waals surface area contributed by atoms with Crippen molar-refractivity contribution >= 4 is 11.6 Å². The zero-order valence-electron chi connectivity index (χ0n) is 10.0. The normalized spacial score (nSPS) is 16.4. The smallest absolute Gasteiger partial charge is 0.352 e. The van der Waals surface area contributed by atoms with E-state index in [9.17, 15) is 9.90 Å². The monoisotopic (exact) mass is 245 g/mol. The minimum Gasteiger partial charge on any atom is -0.477 e. The minimum atomic E-state index is -0.915. The number of rotatable bonds is 3. The van der Waals surface area contributed by atoms with Crippen molar-refractivity contribution in [3.8, 4) is 0 Å². The van der Waals surface area contributed by atoms with Crippen molar-refractivity contribution in [1.82, 2.24) is 14.3 Å². The average molecular weight is 245 g/mol. The molecular weight excluding hydrogens is 230 g/mol. The molecule has 18 heavy (non-hydrogen) atoms. The first kappa shape index (κ1) is 11.2. The van der Waals surface area contributed by atoms with Crippen LogP contribution in [0.1, 0.15) is 29.0 Å². The number of nitrogens with zero attached hydrogens (tertiary/aromatic N) is 3. The van der Waals surface area contributed by atoms with Gasteiger partial charge in [-0.3, -0.25) is 9.30 Å². The van der Waals surface area contributed by atoms with Gasteiger partial charge in [-0.2, -0.15) is 0 Å². The number of aromatic nitrogens is 2. The molecule has 5 nitrogen and oxygen atoms in total. The molecule has 0 radical (unpaired) electrons. The highest BCUT2D eigenvalue weighted by molar-refractivity contribution is 5.86. The third kappa shape index (κ3) is 1.86. The van der Waals surface area contributed by atoms with Crippen LogP contribution in [-0.4, -0.2) is 38.4 Å². The molecule has 1 aliphatic rings.